The van der Waals surface area contributed by atoms with Crippen LogP contribution in [0.3, 0.4) is 0 Å². The number of sulfonamides is 1. The lowest BCUT2D eigenvalue weighted by Crippen LogP contribution is -2.35. The number of ether oxygens (including phenoxy) is 1. The molecule has 0 saturated heterocycles. The Kier molecular flexibility index (Phi) is 6.23. The van der Waals surface area contributed by atoms with Gasteiger partial charge in [0, 0.05) is 12.2 Å². The van der Waals surface area contributed by atoms with Gasteiger partial charge in [-0.25, -0.2) is 8.42 Å². The van der Waals surface area contributed by atoms with E-state index in [1.807, 2.05) is 12.1 Å². The molecule has 10 heteroatoms. The van der Waals surface area contributed by atoms with Crippen molar-refractivity contribution in [1.29, 1.82) is 0 Å². The molecule has 4 rings (SSSR count). The minimum atomic E-state index is -3.86. The topological polar surface area (TPSA) is 119 Å². The van der Waals surface area contributed by atoms with Crippen molar-refractivity contribution in [2.45, 2.75) is 17.7 Å². The summed E-state index contributed by atoms with van der Waals surface area (Å²) < 4.78 is 33.3. The van der Waals surface area contributed by atoms with Crippen molar-refractivity contribution in [2.75, 3.05) is 28.5 Å². The fraction of sp³-hybridized carbons (Fsp3) is 0.174. The number of nitrogens with zero attached hydrogens (tertiary/aromatic N) is 2. The zero-order valence-corrected chi connectivity index (χ0v) is 18.6. The second-order valence-corrected chi connectivity index (χ2v) is 9.30. The van der Waals surface area contributed by atoms with E-state index in [2.05, 4.69) is 5.32 Å². The molecule has 9 nitrogen and oxygen atoms in total. The van der Waals surface area contributed by atoms with Crippen molar-refractivity contribution in [1.82, 2.24) is 0 Å². The summed E-state index contributed by atoms with van der Waals surface area (Å²) in [6.07, 6.45) is 1.53. The van der Waals surface area contributed by atoms with Gasteiger partial charge in [-0.15, -0.1) is 5.23 Å². The molecular formula is C23H23N3O6S. The van der Waals surface area contributed by atoms with Crippen LogP contribution in [0.2, 0.25) is 0 Å². The van der Waals surface area contributed by atoms with Gasteiger partial charge in [-0.2, -0.15) is 0 Å². The Bertz CT molecular complexity index is 1290. The Morgan fingerprint density at radius 2 is 1.82 bits per heavy atom. The third-order valence-corrected chi connectivity index (χ3v) is 7.22. The van der Waals surface area contributed by atoms with Gasteiger partial charge in [-0.1, -0.05) is 30.3 Å². The minimum absolute atomic E-state index is 0.0359. The second-order valence-electron chi connectivity index (χ2n) is 7.44. The molecule has 3 N–H and O–H groups in total. The number of carbonyl (C=O) groups is 1. The summed E-state index contributed by atoms with van der Waals surface area (Å²) in [6, 6.07) is 17.7. The molecule has 0 aliphatic carbocycles. The first-order valence-corrected chi connectivity index (χ1v) is 11.6. The predicted molar refractivity (Wildman–Crippen MR) is 123 cm³/mol. The predicted octanol–water partition coefficient (Wildman–Crippen LogP) is 3.67. The Labute approximate surface area is 191 Å². The number of fused-ring (bicyclic) bond motifs is 1. The van der Waals surface area contributed by atoms with Gasteiger partial charge in [0.1, 0.15) is 11.4 Å². The Morgan fingerprint density at radius 3 is 2.58 bits per heavy atom. The van der Waals surface area contributed by atoms with Crippen molar-refractivity contribution < 1.29 is 28.4 Å². The molecule has 0 unspecified atom stereocenters. The lowest BCUT2D eigenvalue weighted by molar-refractivity contribution is 0.0273. The van der Waals surface area contributed by atoms with E-state index >= 15 is 0 Å². The average molecular weight is 470 g/mol. The van der Waals surface area contributed by atoms with Crippen molar-refractivity contribution in [2.24, 2.45) is 0 Å². The van der Waals surface area contributed by atoms with Gasteiger partial charge < -0.3 is 10.1 Å². The maximum absolute atomic E-state index is 13.4. The van der Waals surface area contributed by atoms with Gasteiger partial charge in [0.2, 0.25) is 0 Å². The van der Waals surface area contributed by atoms with Crippen LogP contribution in [0.1, 0.15) is 22.3 Å². The maximum Gasteiger partial charge on any atom is 0.264 e. The van der Waals surface area contributed by atoms with E-state index in [-0.39, 0.29) is 32.8 Å². The standard InChI is InChI=1S/C23H23N3O6S/c1-32-21-13-5-11-19(22(21)26(28)29)23(27)24-17-9-4-10-18(15-17)33(30,31)25-14-6-8-16-7-2-3-12-20(16)25/h2-5,7,9-13,15,28-29H,6,8,14H2,1H3,(H,24,27). The van der Waals surface area contributed by atoms with Gasteiger partial charge >= 0.3 is 0 Å². The van der Waals surface area contributed by atoms with Gasteiger partial charge in [0.15, 0.2) is 0 Å². The van der Waals surface area contributed by atoms with Crippen molar-refractivity contribution >= 4 is 33.0 Å². The maximum atomic E-state index is 13.4. The lowest BCUT2D eigenvalue weighted by Gasteiger charge is -2.30. The minimum Gasteiger partial charge on any atom is -0.494 e. The van der Waals surface area contributed by atoms with Crippen molar-refractivity contribution in [3.05, 3.63) is 77.9 Å². The lowest BCUT2D eigenvalue weighted by atomic mass is 10.0. The normalized spacial score (nSPS) is 13.2. The van der Waals surface area contributed by atoms with Gasteiger partial charge in [-0.05, 0) is 54.8 Å². The first-order valence-electron chi connectivity index (χ1n) is 10.2. The highest BCUT2D eigenvalue weighted by molar-refractivity contribution is 7.92. The molecule has 33 heavy (non-hydrogen) atoms. The zero-order chi connectivity index (χ0) is 23.6. The van der Waals surface area contributed by atoms with E-state index in [1.165, 1.54) is 47.8 Å². The molecule has 0 saturated carbocycles. The van der Waals surface area contributed by atoms with Crippen molar-refractivity contribution in [3.63, 3.8) is 0 Å². The van der Waals surface area contributed by atoms with E-state index in [4.69, 9.17) is 4.74 Å². The van der Waals surface area contributed by atoms with Crippen LogP contribution in [0.25, 0.3) is 0 Å². The fourth-order valence-electron chi connectivity index (χ4n) is 3.89. The third-order valence-electron chi connectivity index (χ3n) is 5.41. The van der Waals surface area contributed by atoms with Gasteiger partial charge in [0.25, 0.3) is 15.9 Å². The number of rotatable bonds is 6. The summed E-state index contributed by atoms with van der Waals surface area (Å²) in [7, 11) is -2.53. The number of aryl methyl sites for hydroxylation is 1. The third kappa shape index (κ3) is 4.36. The summed E-state index contributed by atoms with van der Waals surface area (Å²) in [4.78, 5) is 12.9. The van der Waals surface area contributed by atoms with Gasteiger partial charge in [0.05, 0.1) is 23.3 Å². The Hall–Kier alpha value is -3.60. The molecule has 1 aliphatic heterocycles. The van der Waals surface area contributed by atoms with Crippen LogP contribution in [0.4, 0.5) is 17.1 Å². The van der Waals surface area contributed by atoms with E-state index in [1.54, 1.807) is 18.2 Å². The zero-order valence-electron chi connectivity index (χ0n) is 17.8. The van der Waals surface area contributed by atoms with Crippen LogP contribution in [0.5, 0.6) is 5.75 Å². The molecule has 0 aromatic heterocycles. The Morgan fingerprint density at radius 1 is 1.06 bits per heavy atom. The molecule has 0 fully saturated rings. The summed E-state index contributed by atoms with van der Waals surface area (Å²) >= 11 is 0. The summed E-state index contributed by atoms with van der Waals surface area (Å²) in [5.74, 6) is -0.595. The number of methoxy groups -OCH3 is 1. The second kappa shape index (κ2) is 9.10. The Balaban J connectivity index is 1.64. The molecule has 0 radical (unpaired) electrons. The number of amides is 1. The molecule has 1 aliphatic rings. The number of para-hydroxylation sites is 2. The molecule has 3 aromatic rings. The summed E-state index contributed by atoms with van der Waals surface area (Å²) in [5, 5.41) is 21.5. The van der Waals surface area contributed by atoms with Crippen molar-refractivity contribution in [3.8, 4) is 5.75 Å². The SMILES string of the molecule is COc1cccc(C(=O)Nc2cccc(S(=O)(=O)N3CCCc4ccccc43)c2)c1N(O)O. The number of nitrogens with one attached hydrogen (secondary N) is 1. The molecule has 0 atom stereocenters. The number of hydrogen-bond acceptors (Lipinski definition) is 7. The molecule has 1 amide bonds. The molecule has 3 aromatic carbocycles. The van der Waals surface area contributed by atoms with Crippen LogP contribution in [-0.4, -0.2) is 38.4 Å². The van der Waals surface area contributed by atoms with Crippen LogP contribution < -0.4 is 19.6 Å². The fourth-order valence-corrected chi connectivity index (χ4v) is 5.47. The smallest absolute Gasteiger partial charge is 0.264 e. The summed E-state index contributed by atoms with van der Waals surface area (Å²) in [6.45, 7) is 0.367. The van der Waals surface area contributed by atoms with E-state index in [9.17, 15) is 23.6 Å². The molecule has 1 heterocycles. The number of anilines is 3. The molecule has 0 spiro atoms. The molecule has 0 bridgehead atoms. The highest BCUT2D eigenvalue weighted by Gasteiger charge is 2.29. The number of hydrogen-bond donors (Lipinski definition) is 3. The largest absolute Gasteiger partial charge is 0.494 e. The van der Waals surface area contributed by atoms with Gasteiger partial charge in [-0.3, -0.25) is 19.5 Å². The summed E-state index contributed by atoms with van der Waals surface area (Å²) in [5.41, 5.74) is 1.55. The highest BCUT2D eigenvalue weighted by atomic mass is 32.2. The van der Waals surface area contributed by atoms with E-state index in [0.717, 1.165) is 12.0 Å². The van der Waals surface area contributed by atoms with E-state index < -0.39 is 15.9 Å². The first kappa shape index (κ1) is 22.6. The van der Waals surface area contributed by atoms with Crippen LogP contribution in [0, 0.1) is 0 Å². The number of benzene rings is 3. The number of carbonyl (C=O) groups excluding carboxylic acids is 1. The van der Waals surface area contributed by atoms with Crippen LogP contribution in [0.15, 0.2) is 71.6 Å². The average Bonchev–Trinajstić information content (AvgIpc) is 2.83. The monoisotopic (exact) mass is 469 g/mol. The van der Waals surface area contributed by atoms with Crippen LogP contribution in [-0.2, 0) is 16.4 Å². The first-order chi connectivity index (χ1) is 15.8. The highest BCUT2D eigenvalue weighted by Crippen LogP contribution is 2.33. The molecular weight excluding hydrogens is 446 g/mol. The van der Waals surface area contributed by atoms with E-state index in [0.29, 0.717) is 18.7 Å². The van der Waals surface area contributed by atoms with Crippen LogP contribution >= 0.6 is 0 Å². The molecule has 172 valence electrons. The quantitative estimate of drug-likeness (QED) is 0.471.